The summed E-state index contributed by atoms with van der Waals surface area (Å²) in [5.74, 6) is 0.906. The topological polar surface area (TPSA) is 34.2 Å². The predicted octanol–water partition coefficient (Wildman–Crippen LogP) is 3.44. The quantitative estimate of drug-likeness (QED) is 0.859. The largest absolute Gasteiger partial charge is 0.361 e. The second-order valence-electron chi connectivity index (χ2n) is 5.81. The second kappa shape index (κ2) is 5.83. The number of aromatic nitrogens is 2. The molecule has 0 radical (unpaired) electrons. The number of rotatable bonds is 3. The zero-order chi connectivity index (χ0) is 13.9. The zero-order valence-electron chi connectivity index (χ0n) is 12.4. The molecule has 1 saturated heterocycles. The Kier molecular flexibility index (Phi) is 3.92. The minimum Gasteiger partial charge on any atom is -0.361 e. The minimum absolute atomic E-state index is 0.393. The van der Waals surface area contributed by atoms with E-state index in [2.05, 4.69) is 46.1 Å². The van der Waals surface area contributed by atoms with E-state index in [-0.39, 0.29) is 0 Å². The molecule has 1 aliphatic rings. The van der Waals surface area contributed by atoms with Crippen molar-refractivity contribution >= 4 is 0 Å². The molecule has 2 aromatic heterocycles. The Morgan fingerprint density at radius 1 is 1.35 bits per heavy atom. The highest BCUT2D eigenvalue weighted by Gasteiger charge is 2.25. The summed E-state index contributed by atoms with van der Waals surface area (Å²) in [5, 5.41) is 4.26. The maximum absolute atomic E-state index is 5.28. The van der Waals surface area contributed by atoms with Crippen LogP contribution in [0.15, 0.2) is 28.9 Å². The van der Waals surface area contributed by atoms with Gasteiger partial charge in [0.25, 0.3) is 0 Å². The number of nitrogens with zero attached hydrogens (tertiary/aromatic N) is 3. The van der Waals surface area contributed by atoms with Crippen LogP contribution in [0.4, 0.5) is 0 Å². The van der Waals surface area contributed by atoms with Crippen LogP contribution in [0.5, 0.6) is 0 Å². The van der Waals surface area contributed by atoms with Crippen LogP contribution in [0.25, 0.3) is 0 Å². The van der Waals surface area contributed by atoms with Crippen molar-refractivity contribution in [3.05, 3.63) is 41.5 Å². The third-order valence-corrected chi connectivity index (χ3v) is 4.27. The summed E-state index contributed by atoms with van der Waals surface area (Å²) in [5.41, 5.74) is 2.45. The molecule has 1 aliphatic heterocycles. The molecule has 1 unspecified atom stereocenters. The summed E-state index contributed by atoms with van der Waals surface area (Å²) >= 11 is 0. The number of likely N-dealkylation sites (tertiary alicyclic amines) is 1. The van der Waals surface area contributed by atoms with Gasteiger partial charge in [0, 0.05) is 31.5 Å². The fourth-order valence-corrected chi connectivity index (χ4v) is 3.10. The van der Waals surface area contributed by atoms with Crippen LogP contribution >= 0.6 is 0 Å². The molecular formula is C16H23N3O. The molecule has 4 heteroatoms. The number of hydrogen-bond acceptors (Lipinski definition) is 3. The van der Waals surface area contributed by atoms with Crippen LogP contribution in [0.1, 0.15) is 48.9 Å². The highest BCUT2D eigenvalue weighted by atomic mass is 16.5. The summed E-state index contributed by atoms with van der Waals surface area (Å²) in [4.78, 5) is 2.56. The summed E-state index contributed by atoms with van der Waals surface area (Å²) in [6, 6.07) is 6.80. The third-order valence-electron chi connectivity index (χ3n) is 4.27. The van der Waals surface area contributed by atoms with E-state index in [4.69, 9.17) is 4.52 Å². The predicted molar refractivity (Wildman–Crippen MR) is 78.3 cm³/mol. The first-order chi connectivity index (χ1) is 9.74. The standard InChI is InChI=1S/C16H23N3O/c1-13-11-15(17-20-13)16-8-4-3-5-10-19(16)12-14-7-6-9-18(14)2/h6-7,9,11,16H,3-5,8,10,12H2,1-2H3. The van der Waals surface area contributed by atoms with E-state index in [1.54, 1.807) is 0 Å². The Morgan fingerprint density at radius 3 is 2.95 bits per heavy atom. The van der Waals surface area contributed by atoms with Gasteiger partial charge in [-0.2, -0.15) is 0 Å². The molecule has 4 nitrogen and oxygen atoms in total. The summed E-state index contributed by atoms with van der Waals surface area (Å²) in [6.07, 6.45) is 7.16. The molecule has 3 rings (SSSR count). The van der Waals surface area contributed by atoms with Gasteiger partial charge < -0.3 is 9.09 Å². The molecule has 1 atom stereocenters. The van der Waals surface area contributed by atoms with Crippen LogP contribution in [0, 0.1) is 6.92 Å². The van der Waals surface area contributed by atoms with Crippen molar-refractivity contribution < 1.29 is 4.52 Å². The molecule has 0 bridgehead atoms. The van der Waals surface area contributed by atoms with E-state index in [1.165, 1.54) is 31.4 Å². The Bertz CT molecular complexity index is 558. The van der Waals surface area contributed by atoms with Gasteiger partial charge >= 0.3 is 0 Å². The number of hydrogen-bond donors (Lipinski definition) is 0. The lowest BCUT2D eigenvalue weighted by Gasteiger charge is -2.28. The molecule has 1 fully saturated rings. The molecule has 2 aromatic rings. The Balaban J connectivity index is 1.82. The van der Waals surface area contributed by atoms with Gasteiger partial charge in [0.15, 0.2) is 0 Å². The molecule has 0 saturated carbocycles. The highest BCUT2D eigenvalue weighted by Crippen LogP contribution is 2.31. The van der Waals surface area contributed by atoms with E-state index >= 15 is 0 Å². The van der Waals surface area contributed by atoms with Crippen LogP contribution < -0.4 is 0 Å². The van der Waals surface area contributed by atoms with Crippen molar-refractivity contribution in [2.24, 2.45) is 7.05 Å². The van der Waals surface area contributed by atoms with Crippen LogP contribution in [-0.4, -0.2) is 21.2 Å². The SMILES string of the molecule is Cc1cc(C2CCCCCN2Cc2cccn2C)no1. The lowest BCUT2D eigenvalue weighted by atomic mass is 10.1. The summed E-state index contributed by atoms with van der Waals surface area (Å²) in [7, 11) is 2.11. The molecule has 20 heavy (non-hydrogen) atoms. The average Bonchev–Trinajstić information content (AvgIpc) is 2.95. The summed E-state index contributed by atoms with van der Waals surface area (Å²) in [6.45, 7) is 4.09. The third kappa shape index (κ3) is 2.80. The molecular weight excluding hydrogens is 250 g/mol. The first-order valence-corrected chi connectivity index (χ1v) is 7.51. The van der Waals surface area contributed by atoms with Crippen LogP contribution in [0.2, 0.25) is 0 Å². The normalized spacial score (nSPS) is 21.0. The molecule has 0 N–H and O–H groups in total. The van der Waals surface area contributed by atoms with Crippen molar-refractivity contribution in [3.63, 3.8) is 0 Å². The smallest absolute Gasteiger partial charge is 0.133 e. The molecule has 0 aromatic carbocycles. The Hall–Kier alpha value is -1.55. The second-order valence-corrected chi connectivity index (χ2v) is 5.81. The molecule has 3 heterocycles. The maximum Gasteiger partial charge on any atom is 0.133 e. The van der Waals surface area contributed by atoms with E-state index < -0.39 is 0 Å². The van der Waals surface area contributed by atoms with Crippen molar-refractivity contribution in [1.29, 1.82) is 0 Å². The van der Waals surface area contributed by atoms with Crippen molar-refractivity contribution in [3.8, 4) is 0 Å². The molecule has 108 valence electrons. The lowest BCUT2D eigenvalue weighted by molar-refractivity contribution is 0.180. The van der Waals surface area contributed by atoms with Gasteiger partial charge in [0.1, 0.15) is 11.5 Å². The average molecular weight is 273 g/mol. The van der Waals surface area contributed by atoms with Gasteiger partial charge in [0.2, 0.25) is 0 Å². The molecule has 0 amide bonds. The van der Waals surface area contributed by atoms with Crippen LogP contribution in [-0.2, 0) is 13.6 Å². The van der Waals surface area contributed by atoms with Crippen molar-refractivity contribution in [1.82, 2.24) is 14.6 Å². The Morgan fingerprint density at radius 2 is 2.25 bits per heavy atom. The fourth-order valence-electron chi connectivity index (χ4n) is 3.10. The van der Waals surface area contributed by atoms with Gasteiger partial charge in [-0.05, 0) is 38.4 Å². The van der Waals surface area contributed by atoms with Gasteiger partial charge in [-0.25, -0.2) is 0 Å². The van der Waals surface area contributed by atoms with Gasteiger partial charge in [-0.3, -0.25) is 4.90 Å². The van der Waals surface area contributed by atoms with Crippen molar-refractivity contribution in [2.75, 3.05) is 6.54 Å². The highest BCUT2D eigenvalue weighted by molar-refractivity contribution is 5.12. The van der Waals surface area contributed by atoms with E-state index in [0.29, 0.717) is 6.04 Å². The van der Waals surface area contributed by atoms with Crippen molar-refractivity contribution in [2.45, 2.75) is 45.2 Å². The van der Waals surface area contributed by atoms with E-state index in [0.717, 1.165) is 24.5 Å². The van der Waals surface area contributed by atoms with Crippen LogP contribution in [0.3, 0.4) is 0 Å². The van der Waals surface area contributed by atoms with E-state index in [9.17, 15) is 0 Å². The van der Waals surface area contributed by atoms with E-state index in [1.807, 2.05) is 6.92 Å². The van der Waals surface area contributed by atoms with Gasteiger partial charge in [0.05, 0.1) is 6.04 Å². The minimum atomic E-state index is 0.393. The van der Waals surface area contributed by atoms with Gasteiger partial charge in [-0.1, -0.05) is 18.0 Å². The number of aryl methyl sites for hydroxylation is 2. The Labute approximate surface area is 120 Å². The maximum atomic E-state index is 5.28. The fraction of sp³-hybridized carbons (Fsp3) is 0.562. The zero-order valence-corrected chi connectivity index (χ0v) is 12.4. The van der Waals surface area contributed by atoms with Gasteiger partial charge in [-0.15, -0.1) is 0 Å². The molecule has 0 aliphatic carbocycles. The summed E-state index contributed by atoms with van der Waals surface area (Å²) < 4.78 is 7.49. The first-order valence-electron chi connectivity index (χ1n) is 7.51. The lowest BCUT2D eigenvalue weighted by Crippen LogP contribution is -2.29. The molecule has 0 spiro atoms. The monoisotopic (exact) mass is 273 g/mol. The first kappa shape index (κ1) is 13.4.